The van der Waals surface area contributed by atoms with Crippen LogP contribution in [0.4, 0.5) is 0 Å². The third-order valence-electron chi connectivity index (χ3n) is 3.44. The Balaban J connectivity index is 1.99. The van der Waals surface area contributed by atoms with E-state index in [0.717, 1.165) is 37.4 Å². The molecule has 2 aromatic rings. The molecule has 0 aromatic carbocycles. The van der Waals surface area contributed by atoms with E-state index in [1.807, 2.05) is 30.0 Å². The highest BCUT2D eigenvalue weighted by molar-refractivity contribution is 5.95. The molecular weight excluding hydrogens is 240 g/mol. The number of hydrogen-bond donors (Lipinski definition) is 0. The molecule has 0 saturated carbocycles. The zero-order chi connectivity index (χ0) is 13.2. The van der Waals surface area contributed by atoms with Crippen molar-refractivity contribution in [2.75, 3.05) is 13.1 Å². The van der Waals surface area contributed by atoms with Gasteiger partial charge in [-0.15, -0.1) is 0 Å². The van der Waals surface area contributed by atoms with Crippen molar-refractivity contribution in [3.63, 3.8) is 0 Å². The Morgan fingerprint density at radius 1 is 1.37 bits per heavy atom. The van der Waals surface area contributed by atoms with Gasteiger partial charge in [0.25, 0.3) is 5.91 Å². The quantitative estimate of drug-likeness (QED) is 0.839. The van der Waals surface area contributed by atoms with E-state index in [2.05, 4.69) is 10.1 Å². The molecular formula is C14H16N4O. The number of carbonyl (C=O) groups excluding carboxylic acids is 1. The second kappa shape index (κ2) is 4.84. The zero-order valence-electron chi connectivity index (χ0n) is 10.9. The van der Waals surface area contributed by atoms with Crippen LogP contribution < -0.4 is 0 Å². The molecule has 0 bridgehead atoms. The molecule has 5 heteroatoms. The number of aromatic nitrogens is 3. The van der Waals surface area contributed by atoms with Crippen LogP contribution in [0, 0.1) is 0 Å². The molecule has 2 aromatic heterocycles. The second-order valence-electron chi connectivity index (χ2n) is 4.60. The van der Waals surface area contributed by atoms with Gasteiger partial charge in [-0.05, 0) is 25.0 Å². The molecule has 0 unspecified atom stereocenters. The van der Waals surface area contributed by atoms with E-state index in [1.165, 1.54) is 0 Å². The number of rotatable bonds is 3. The van der Waals surface area contributed by atoms with Crippen LogP contribution in [0.1, 0.15) is 29.4 Å². The molecule has 3 heterocycles. The first-order valence-electron chi connectivity index (χ1n) is 6.59. The maximum atomic E-state index is 12.3. The predicted octanol–water partition coefficient (Wildman–Crippen LogP) is 1.68. The lowest BCUT2D eigenvalue weighted by Gasteiger charge is -2.30. The average molecular weight is 256 g/mol. The molecule has 1 aliphatic rings. The molecule has 19 heavy (non-hydrogen) atoms. The summed E-state index contributed by atoms with van der Waals surface area (Å²) in [5.41, 5.74) is 1.63. The van der Waals surface area contributed by atoms with Crippen molar-refractivity contribution in [2.45, 2.75) is 19.8 Å². The molecule has 3 rings (SSSR count). The van der Waals surface area contributed by atoms with E-state index < -0.39 is 0 Å². The number of carbonyl (C=O) groups is 1. The summed E-state index contributed by atoms with van der Waals surface area (Å²) in [6.45, 7) is 3.75. The number of pyridine rings is 1. The normalized spacial score (nSPS) is 14.3. The van der Waals surface area contributed by atoms with Gasteiger partial charge in [0.15, 0.2) is 5.82 Å². The highest BCUT2D eigenvalue weighted by Gasteiger charge is 2.26. The Hall–Kier alpha value is -2.17. The van der Waals surface area contributed by atoms with Crippen molar-refractivity contribution in [3.8, 4) is 5.82 Å². The van der Waals surface area contributed by atoms with Crippen molar-refractivity contribution in [1.82, 2.24) is 19.7 Å². The number of hydrogen-bond acceptors (Lipinski definition) is 3. The molecule has 0 atom stereocenters. The summed E-state index contributed by atoms with van der Waals surface area (Å²) in [6.07, 6.45) is 5.24. The van der Waals surface area contributed by atoms with Gasteiger partial charge >= 0.3 is 0 Å². The fraction of sp³-hybridized carbons (Fsp3) is 0.357. The maximum absolute atomic E-state index is 12.3. The summed E-state index contributed by atoms with van der Waals surface area (Å²) >= 11 is 0. The van der Waals surface area contributed by atoms with Crippen LogP contribution in [0.2, 0.25) is 0 Å². The molecule has 0 spiro atoms. The van der Waals surface area contributed by atoms with Gasteiger partial charge < -0.3 is 4.90 Å². The Labute approximate surface area is 111 Å². The van der Waals surface area contributed by atoms with Crippen LogP contribution in [0.15, 0.2) is 30.6 Å². The topological polar surface area (TPSA) is 51.0 Å². The first-order valence-corrected chi connectivity index (χ1v) is 6.59. The Kier molecular flexibility index (Phi) is 3.03. The van der Waals surface area contributed by atoms with E-state index in [0.29, 0.717) is 5.56 Å². The monoisotopic (exact) mass is 256 g/mol. The van der Waals surface area contributed by atoms with Gasteiger partial charge in [0, 0.05) is 19.3 Å². The first kappa shape index (κ1) is 11.9. The largest absolute Gasteiger partial charge is 0.338 e. The van der Waals surface area contributed by atoms with E-state index in [4.69, 9.17) is 0 Å². The van der Waals surface area contributed by atoms with Gasteiger partial charge in [0.1, 0.15) is 0 Å². The van der Waals surface area contributed by atoms with Crippen molar-refractivity contribution in [2.24, 2.45) is 0 Å². The Bertz CT molecular complexity index is 587. The summed E-state index contributed by atoms with van der Waals surface area (Å²) in [5.74, 6) is 0.840. The van der Waals surface area contributed by atoms with Crippen LogP contribution >= 0.6 is 0 Å². The molecule has 0 N–H and O–H groups in total. The van der Waals surface area contributed by atoms with Crippen LogP contribution in [0.3, 0.4) is 0 Å². The minimum Gasteiger partial charge on any atom is -0.338 e. The minimum atomic E-state index is 0.0882. The predicted molar refractivity (Wildman–Crippen MR) is 71.3 cm³/mol. The average Bonchev–Trinajstić information content (AvgIpc) is 2.81. The SMILES string of the molecule is CCc1c(C(=O)N2CCC2)cnn1-c1ccccn1. The van der Waals surface area contributed by atoms with Crippen molar-refractivity contribution >= 4 is 5.91 Å². The first-order chi connectivity index (χ1) is 9.31. The van der Waals surface area contributed by atoms with E-state index in [1.54, 1.807) is 17.1 Å². The number of nitrogens with zero attached hydrogens (tertiary/aromatic N) is 4. The summed E-state index contributed by atoms with van der Waals surface area (Å²) in [5, 5.41) is 4.33. The highest BCUT2D eigenvalue weighted by Crippen LogP contribution is 2.18. The fourth-order valence-corrected chi connectivity index (χ4v) is 2.26. The smallest absolute Gasteiger partial charge is 0.257 e. The maximum Gasteiger partial charge on any atom is 0.257 e. The third-order valence-corrected chi connectivity index (χ3v) is 3.44. The Morgan fingerprint density at radius 2 is 2.21 bits per heavy atom. The minimum absolute atomic E-state index is 0.0882. The Morgan fingerprint density at radius 3 is 2.79 bits per heavy atom. The summed E-state index contributed by atoms with van der Waals surface area (Å²) in [7, 11) is 0. The molecule has 1 fully saturated rings. The van der Waals surface area contributed by atoms with Gasteiger partial charge in [-0.3, -0.25) is 4.79 Å². The lowest BCUT2D eigenvalue weighted by molar-refractivity contribution is 0.0650. The van der Waals surface area contributed by atoms with E-state index in [9.17, 15) is 4.79 Å². The number of amides is 1. The van der Waals surface area contributed by atoms with Crippen LogP contribution in [0.5, 0.6) is 0 Å². The molecule has 0 radical (unpaired) electrons. The van der Waals surface area contributed by atoms with E-state index in [-0.39, 0.29) is 5.91 Å². The number of likely N-dealkylation sites (tertiary alicyclic amines) is 1. The van der Waals surface area contributed by atoms with Crippen LogP contribution in [0.25, 0.3) is 5.82 Å². The molecule has 0 aliphatic carbocycles. The summed E-state index contributed by atoms with van der Waals surface area (Å²) < 4.78 is 1.76. The van der Waals surface area contributed by atoms with Gasteiger partial charge in [0.05, 0.1) is 17.5 Å². The molecule has 98 valence electrons. The lowest BCUT2D eigenvalue weighted by Crippen LogP contribution is -2.42. The molecule has 1 amide bonds. The fourth-order valence-electron chi connectivity index (χ4n) is 2.26. The summed E-state index contributed by atoms with van der Waals surface area (Å²) in [4.78, 5) is 18.4. The molecule has 1 aliphatic heterocycles. The van der Waals surface area contributed by atoms with Crippen molar-refractivity contribution in [3.05, 3.63) is 41.9 Å². The molecule has 5 nitrogen and oxygen atoms in total. The van der Waals surface area contributed by atoms with E-state index >= 15 is 0 Å². The van der Waals surface area contributed by atoms with Gasteiger partial charge in [-0.2, -0.15) is 5.10 Å². The standard InChI is InChI=1S/C14H16N4O/c1-2-12-11(14(19)17-8-5-9-17)10-16-18(12)13-6-3-4-7-15-13/h3-4,6-7,10H,2,5,8-9H2,1H3. The summed E-state index contributed by atoms with van der Waals surface area (Å²) in [6, 6.07) is 5.68. The second-order valence-corrected chi connectivity index (χ2v) is 4.60. The van der Waals surface area contributed by atoms with Crippen LogP contribution in [-0.4, -0.2) is 38.7 Å². The van der Waals surface area contributed by atoms with Crippen molar-refractivity contribution in [1.29, 1.82) is 0 Å². The van der Waals surface area contributed by atoms with Crippen LogP contribution in [-0.2, 0) is 6.42 Å². The lowest BCUT2D eigenvalue weighted by atomic mass is 10.1. The van der Waals surface area contributed by atoms with Gasteiger partial charge in [0.2, 0.25) is 0 Å². The molecule has 1 saturated heterocycles. The highest BCUT2D eigenvalue weighted by atomic mass is 16.2. The third kappa shape index (κ3) is 2.01. The van der Waals surface area contributed by atoms with Gasteiger partial charge in [-0.25, -0.2) is 9.67 Å². The van der Waals surface area contributed by atoms with Gasteiger partial charge in [-0.1, -0.05) is 13.0 Å². The van der Waals surface area contributed by atoms with Crippen molar-refractivity contribution < 1.29 is 4.79 Å². The zero-order valence-corrected chi connectivity index (χ0v) is 10.9.